The molecule has 3 amide bonds. The minimum absolute atomic E-state index is 0.203. The zero-order chi connectivity index (χ0) is 12.8. The summed E-state index contributed by atoms with van der Waals surface area (Å²) in [4.78, 5) is 21.6. The predicted molar refractivity (Wildman–Crippen MR) is 62.3 cm³/mol. The van der Waals surface area contributed by atoms with Gasteiger partial charge < -0.3 is 16.2 Å². The molecule has 0 heterocycles. The number of nitrogens with two attached hydrogens (primary N) is 2. The van der Waals surface area contributed by atoms with Gasteiger partial charge in [-0.25, -0.2) is 4.79 Å². The van der Waals surface area contributed by atoms with Gasteiger partial charge in [-0.1, -0.05) is 18.2 Å². The number of carbonyl (C=O) groups excluding carboxylic acids is 2. The first-order valence-electron chi connectivity index (χ1n) is 5.07. The molecule has 0 radical (unpaired) electrons. The quantitative estimate of drug-likeness (QED) is 0.699. The third kappa shape index (κ3) is 4.12. The molecule has 0 unspecified atom stereocenters. The summed E-state index contributed by atoms with van der Waals surface area (Å²) >= 11 is 0. The van der Waals surface area contributed by atoms with Crippen LogP contribution in [0.2, 0.25) is 0 Å². The van der Waals surface area contributed by atoms with Crippen LogP contribution in [0.15, 0.2) is 24.3 Å². The molecular formula is C11H15N3O3. The average Bonchev–Trinajstić information content (AvgIpc) is 2.25. The number of imide groups is 1. The summed E-state index contributed by atoms with van der Waals surface area (Å²) in [6.07, 6.45) is 0. The second-order valence-corrected chi connectivity index (χ2v) is 3.53. The maximum absolute atomic E-state index is 11.1. The molecule has 1 rings (SSSR count). The fourth-order valence-electron chi connectivity index (χ4n) is 1.30. The van der Waals surface area contributed by atoms with Crippen molar-refractivity contribution in [3.63, 3.8) is 0 Å². The van der Waals surface area contributed by atoms with E-state index in [1.807, 2.05) is 24.4 Å². The zero-order valence-electron chi connectivity index (χ0n) is 9.47. The highest BCUT2D eigenvalue weighted by Crippen LogP contribution is 2.22. The lowest BCUT2D eigenvalue weighted by molar-refractivity contribution is -0.121. The van der Waals surface area contributed by atoms with E-state index in [0.29, 0.717) is 5.75 Å². The predicted octanol–water partition coefficient (Wildman–Crippen LogP) is 0.280. The Bertz CT molecular complexity index is 418. The highest BCUT2D eigenvalue weighted by Gasteiger charge is 2.09. The minimum atomic E-state index is -0.904. The highest BCUT2D eigenvalue weighted by atomic mass is 16.5. The molecule has 0 aliphatic heterocycles. The topological polar surface area (TPSA) is 107 Å². The van der Waals surface area contributed by atoms with E-state index in [2.05, 4.69) is 0 Å². The largest absolute Gasteiger partial charge is 0.483 e. The van der Waals surface area contributed by atoms with Gasteiger partial charge in [-0.3, -0.25) is 10.1 Å². The fraction of sp³-hybridized carbons (Fsp3) is 0.273. The van der Waals surface area contributed by atoms with Crippen molar-refractivity contribution in [1.29, 1.82) is 0 Å². The number of amides is 3. The molecule has 0 spiro atoms. The van der Waals surface area contributed by atoms with Gasteiger partial charge in [-0.05, 0) is 13.0 Å². The van der Waals surface area contributed by atoms with Gasteiger partial charge in [-0.2, -0.15) is 0 Å². The number of nitrogens with one attached hydrogen (secondary N) is 1. The van der Waals surface area contributed by atoms with Gasteiger partial charge in [0.25, 0.3) is 5.91 Å². The van der Waals surface area contributed by atoms with E-state index in [1.54, 1.807) is 12.1 Å². The molecule has 6 heteroatoms. The lowest BCUT2D eigenvalue weighted by Crippen LogP contribution is -2.38. The first-order valence-corrected chi connectivity index (χ1v) is 5.07. The molecule has 0 aliphatic carbocycles. The zero-order valence-corrected chi connectivity index (χ0v) is 9.47. The number of para-hydroxylation sites is 1. The smallest absolute Gasteiger partial charge is 0.318 e. The third-order valence-electron chi connectivity index (χ3n) is 2.03. The van der Waals surface area contributed by atoms with Crippen LogP contribution in [-0.4, -0.2) is 18.5 Å². The van der Waals surface area contributed by atoms with Crippen molar-refractivity contribution in [3.05, 3.63) is 29.8 Å². The molecule has 0 saturated heterocycles. The molecule has 0 bridgehead atoms. The molecule has 0 aromatic heterocycles. The van der Waals surface area contributed by atoms with Crippen LogP contribution in [-0.2, 0) is 4.79 Å². The van der Waals surface area contributed by atoms with E-state index >= 15 is 0 Å². The van der Waals surface area contributed by atoms with E-state index in [9.17, 15) is 9.59 Å². The van der Waals surface area contributed by atoms with Gasteiger partial charge in [0.1, 0.15) is 5.75 Å². The SMILES string of the molecule is C[C@@H](N)c1ccccc1OCC(=O)NC(N)=O. The normalized spacial score (nSPS) is 11.6. The molecule has 1 aromatic rings. The van der Waals surface area contributed by atoms with Gasteiger partial charge in [0.15, 0.2) is 6.61 Å². The van der Waals surface area contributed by atoms with Crippen LogP contribution in [0.3, 0.4) is 0 Å². The lowest BCUT2D eigenvalue weighted by Gasteiger charge is -2.13. The first kappa shape index (κ1) is 13.0. The van der Waals surface area contributed by atoms with E-state index in [1.165, 1.54) is 0 Å². The maximum Gasteiger partial charge on any atom is 0.318 e. The molecule has 17 heavy (non-hydrogen) atoms. The molecule has 1 atom stereocenters. The van der Waals surface area contributed by atoms with Gasteiger partial charge in [0, 0.05) is 11.6 Å². The van der Waals surface area contributed by atoms with Crippen molar-refractivity contribution in [2.24, 2.45) is 11.5 Å². The number of rotatable bonds is 4. The number of ether oxygens (including phenoxy) is 1. The summed E-state index contributed by atoms with van der Waals surface area (Å²) in [7, 11) is 0. The second-order valence-electron chi connectivity index (χ2n) is 3.53. The van der Waals surface area contributed by atoms with Gasteiger partial charge in [0.2, 0.25) is 0 Å². The van der Waals surface area contributed by atoms with Crippen molar-refractivity contribution in [2.45, 2.75) is 13.0 Å². The Kier molecular flexibility index (Phi) is 4.47. The van der Waals surface area contributed by atoms with Crippen molar-refractivity contribution in [2.75, 3.05) is 6.61 Å². The standard InChI is InChI=1S/C11H15N3O3/c1-7(12)8-4-2-3-5-9(8)17-6-10(15)14-11(13)16/h2-5,7H,6,12H2,1H3,(H3,13,14,15,16)/t7-/m1/s1. The first-order chi connectivity index (χ1) is 8.00. The summed E-state index contributed by atoms with van der Waals surface area (Å²) in [6.45, 7) is 1.53. The molecule has 5 N–H and O–H groups in total. The molecule has 0 aliphatic rings. The molecule has 6 nitrogen and oxygen atoms in total. The molecule has 0 fully saturated rings. The van der Waals surface area contributed by atoms with Gasteiger partial charge in [0.05, 0.1) is 0 Å². The molecule has 92 valence electrons. The van der Waals surface area contributed by atoms with Crippen LogP contribution in [0.1, 0.15) is 18.5 Å². The van der Waals surface area contributed by atoms with Gasteiger partial charge in [-0.15, -0.1) is 0 Å². The number of primary amides is 1. The highest BCUT2D eigenvalue weighted by molar-refractivity contribution is 5.94. The maximum atomic E-state index is 11.1. The molecule has 1 aromatic carbocycles. The molecule has 0 saturated carbocycles. The Labute approximate surface area is 98.9 Å². The van der Waals surface area contributed by atoms with Crippen LogP contribution >= 0.6 is 0 Å². The number of hydrogen-bond acceptors (Lipinski definition) is 4. The van der Waals surface area contributed by atoms with Crippen LogP contribution in [0.25, 0.3) is 0 Å². The Morgan fingerprint density at radius 2 is 2.06 bits per heavy atom. The number of hydrogen-bond donors (Lipinski definition) is 3. The summed E-state index contributed by atoms with van der Waals surface area (Å²) < 4.78 is 5.26. The van der Waals surface area contributed by atoms with Crippen molar-refractivity contribution in [3.8, 4) is 5.75 Å². The van der Waals surface area contributed by atoms with Crippen LogP contribution in [0.5, 0.6) is 5.75 Å². The fourth-order valence-corrected chi connectivity index (χ4v) is 1.30. The van der Waals surface area contributed by atoms with Crippen molar-refractivity contribution in [1.82, 2.24) is 5.32 Å². The van der Waals surface area contributed by atoms with Crippen LogP contribution in [0, 0.1) is 0 Å². The number of benzene rings is 1. The Balaban J connectivity index is 2.63. The Morgan fingerprint density at radius 3 is 2.65 bits per heavy atom. The average molecular weight is 237 g/mol. The van der Waals surface area contributed by atoms with E-state index in [-0.39, 0.29) is 12.6 Å². The Morgan fingerprint density at radius 1 is 1.41 bits per heavy atom. The monoisotopic (exact) mass is 237 g/mol. The third-order valence-corrected chi connectivity index (χ3v) is 2.03. The summed E-state index contributed by atoms with van der Waals surface area (Å²) in [5.74, 6) is -0.0842. The molecular weight excluding hydrogens is 222 g/mol. The second kappa shape index (κ2) is 5.86. The Hall–Kier alpha value is -2.08. The number of urea groups is 1. The van der Waals surface area contributed by atoms with Crippen LogP contribution < -0.4 is 21.5 Å². The van der Waals surface area contributed by atoms with E-state index in [0.717, 1.165) is 5.56 Å². The number of carbonyl (C=O) groups is 2. The summed E-state index contributed by atoms with van der Waals surface area (Å²) in [5, 5.41) is 1.91. The van der Waals surface area contributed by atoms with Gasteiger partial charge >= 0.3 is 6.03 Å². The summed E-state index contributed by atoms with van der Waals surface area (Å²) in [6, 6.07) is 6.01. The summed E-state index contributed by atoms with van der Waals surface area (Å²) in [5.41, 5.74) is 11.3. The van der Waals surface area contributed by atoms with Crippen molar-refractivity contribution >= 4 is 11.9 Å². The van der Waals surface area contributed by atoms with E-state index < -0.39 is 11.9 Å². The lowest BCUT2D eigenvalue weighted by atomic mass is 10.1. The van der Waals surface area contributed by atoms with Crippen LogP contribution in [0.4, 0.5) is 4.79 Å². The van der Waals surface area contributed by atoms with Crippen molar-refractivity contribution < 1.29 is 14.3 Å². The minimum Gasteiger partial charge on any atom is -0.483 e. The van der Waals surface area contributed by atoms with E-state index in [4.69, 9.17) is 16.2 Å².